The van der Waals surface area contributed by atoms with Gasteiger partial charge in [-0.2, -0.15) is 0 Å². The highest BCUT2D eigenvalue weighted by Gasteiger charge is 2.71. The van der Waals surface area contributed by atoms with Crippen molar-refractivity contribution in [1.29, 1.82) is 0 Å². The number of fused-ring (bicyclic) bond motifs is 2. The normalized spacial score (nSPS) is 34.4. The lowest BCUT2D eigenvalue weighted by Crippen LogP contribution is -2.58. The Morgan fingerprint density at radius 3 is 2.33 bits per heavy atom. The molecule has 3 nitrogen and oxygen atoms in total. The van der Waals surface area contributed by atoms with E-state index in [0.29, 0.717) is 11.7 Å². The van der Waals surface area contributed by atoms with Crippen LogP contribution in [0.5, 0.6) is 11.5 Å². The molecule has 0 heterocycles. The Morgan fingerprint density at radius 1 is 1.17 bits per heavy atom. The zero-order valence-corrected chi connectivity index (χ0v) is 17.2. The SMILES string of the molecule is COc1c(OC2(O)C3(C)CCC(C3)C2(C)C)cccc1[Si](C)(C)C. The molecule has 1 N–H and O–H groups in total. The van der Waals surface area contributed by atoms with Crippen molar-refractivity contribution in [3.63, 3.8) is 0 Å². The van der Waals surface area contributed by atoms with Gasteiger partial charge in [0.05, 0.1) is 15.2 Å². The first-order valence-corrected chi connectivity index (χ1v) is 12.6. The van der Waals surface area contributed by atoms with Gasteiger partial charge in [0, 0.05) is 10.8 Å². The molecule has 2 aliphatic rings. The fourth-order valence-corrected chi connectivity index (χ4v) is 6.53. The average Bonchev–Trinajstić information content (AvgIpc) is 2.95. The van der Waals surface area contributed by atoms with Crippen LogP contribution < -0.4 is 14.7 Å². The van der Waals surface area contributed by atoms with E-state index in [-0.39, 0.29) is 10.8 Å². The van der Waals surface area contributed by atoms with Crippen molar-refractivity contribution in [2.45, 2.75) is 65.5 Å². The van der Waals surface area contributed by atoms with E-state index >= 15 is 0 Å². The maximum absolute atomic E-state index is 11.7. The topological polar surface area (TPSA) is 38.7 Å². The Morgan fingerprint density at radius 2 is 1.83 bits per heavy atom. The van der Waals surface area contributed by atoms with E-state index in [9.17, 15) is 5.11 Å². The zero-order chi connectivity index (χ0) is 18.0. The molecular formula is C20H32O3Si. The number of benzene rings is 1. The zero-order valence-electron chi connectivity index (χ0n) is 16.2. The first kappa shape index (κ1) is 17.8. The molecule has 2 aliphatic carbocycles. The summed E-state index contributed by atoms with van der Waals surface area (Å²) >= 11 is 0. The van der Waals surface area contributed by atoms with Crippen molar-refractivity contribution in [3.05, 3.63) is 18.2 Å². The fourth-order valence-electron chi connectivity index (χ4n) is 5.03. The molecule has 0 saturated heterocycles. The number of para-hydroxylation sites is 1. The fraction of sp³-hybridized carbons (Fsp3) is 0.700. The van der Waals surface area contributed by atoms with Crippen molar-refractivity contribution >= 4 is 13.3 Å². The van der Waals surface area contributed by atoms with E-state index in [1.165, 1.54) is 11.6 Å². The maximum atomic E-state index is 11.7. The predicted molar refractivity (Wildman–Crippen MR) is 101 cm³/mol. The van der Waals surface area contributed by atoms with Crippen LogP contribution in [-0.2, 0) is 0 Å². The molecule has 2 bridgehead atoms. The van der Waals surface area contributed by atoms with Crippen LogP contribution in [0.1, 0.15) is 40.0 Å². The molecule has 0 spiro atoms. The molecule has 4 heteroatoms. The highest BCUT2D eigenvalue weighted by atomic mass is 28.3. The Balaban J connectivity index is 2.06. The summed E-state index contributed by atoms with van der Waals surface area (Å²) in [6.45, 7) is 13.4. The number of methoxy groups -OCH3 is 1. The Labute approximate surface area is 147 Å². The quantitative estimate of drug-likeness (QED) is 0.656. The van der Waals surface area contributed by atoms with Crippen LogP contribution in [0, 0.1) is 16.7 Å². The summed E-state index contributed by atoms with van der Waals surface area (Å²) in [5.41, 5.74) is -0.457. The van der Waals surface area contributed by atoms with E-state index in [1.807, 2.05) is 12.1 Å². The molecule has 1 aromatic rings. The van der Waals surface area contributed by atoms with E-state index in [2.05, 4.69) is 46.5 Å². The van der Waals surface area contributed by atoms with Crippen LogP contribution in [0.15, 0.2) is 18.2 Å². The molecule has 2 saturated carbocycles. The second-order valence-electron chi connectivity index (χ2n) is 9.56. The smallest absolute Gasteiger partial charge is 0.219 e. The van der Waals surface area contributed by atoms with Gasteiger partial charge < -0.3 is 14.6 Å². The highest BCUT2D eigenvalue weighted by molar-refractivity contribution is 6.89. The largest absolute Gasteiger partial charge is 0.493 e. The molecule has 0 amide bonds. The van der Waals surface area contributed by atoms with E-state index < -0.39 is 13.9 Å². The van der Waals surface area contributed by atoms with Crippen LogP contribution in [0.25, 0.3) is 0 Å². The monoisotopic (exact) mass is 348 g/mol. The second kappa shape index (κ2) is 5.25. The molecule has 1 aromatic carbocycles. The van der Waals surface area contributed by atoms with Crippen molar-refractivity contribution in [3.8, 4) is 11.5 Å². The third kappa shape index (κ3) is 2.26. The molecule has 0 radical (unpaired) electrons. The van der Waals surface area contributed by atoms with E-state index in [1.54, 1.807) is 7.11 Å². The molecule has 134 valence electrons. The van der Waals surface area contributed by atoms with Gasteiger partial charge in [0.2, 0.25) is 5.79 Å². The van der Waals surface area contributed by atoms with Gasteiger partial charge in [-0.05, 0) is 36.4 Å². The summed E-state index contributed by atoms with van der Waals surface area (Å²) in [4.78, 5) is 0. The van der Waals surface area contributed by atoms with Crippen LogP contribution in [-0.4, -0.2) is 26.1 Å². The van der Waals surface area contributed by atoms with Gasteiger partial charge in [-0.1, -0.05) is 52.5 Å². The van der Waals surface area contributed by atoms with Gasteiger partial charge in [-0.25, -0.2) is 0 Å². The number of hydrogen-bond acceptors (Lipinski definition) is 3. The van der Waals surface area contributed by atoms with Gasteiger partial charge in [-0.3, -0.25) is 0 Å². The highest BCUT2D eigenvalue weighted by Crippen LogP contribution is 2.68. The number of rotatable bonds is 4. The van der Waals surface area contributed by atoms with Crippen molar-refractivity contribution in [2.75, 3.05) is 7.11 Å². The summed E-state index contributed by atoms with van der Waals surface area (Å²) in [7, 11) is 0.130. The molecule has 0 aliphatic heterocycles. The lowest BCUT2D eigenvalue weighted by atomic mass is 9.67. The molecule has 3 unspecified atom stereocenters. The molecule has 3 rings (SSSR count). The summed E-state index contributed by atoms with van der Waals surface area (Å²) in [6.07, 6.45) is 3.24. The minimum Gasteiger partial charge on any atom is -0.493 e. The van der Waals surface area contributed by atoms with E-state index in [0.717, 1.165) is 18.6 Å². The predicted octanol–water partition coefficient (Wildman–Crippen LogP) is 4.15. The number of ether oxygens (including phenoxy) is 2. The standard InChI is InChI=1S/C20H32O3Si/c1-18(2)14-11-12-19(3,13-14)20(18,21)23-15-9-8-10-16(17(15)22-4)24(5,6)7/h8-10,14,21H,11-13H2,1-7H3. The lowest BCUT2D eigenvalue weighted by molar-refractivity contribution is -0.269. The van der Waals surface area contributed by atoms with Crippen LogP contribution in [0.2, 0.25) is 19.6 Å². The molecule has 24 heavy (non-hydrogen) atoms. The van der Waals surface area contributed by atoms with Crippen molar-refractivity contribution in [2.24, 2.45) is 16.7 Å². The minimum atomic E-state index is -1.57. The van der Waals surface area contributed by atoms with Gasteiger partial charge in [0.1, 0.15) is 0 Å². The third-order valence-corrected chi connectivity index (χ3v) is 8.71. The van der Waals surface area contributed by atoms with Gasteiger partial charge in [0.25, 0.3) is 0 Å². The second-order valence-corrected chi connectivity index (χ2v) is 14.6. The molecular weight excluding hydrogens is 316 g/mol. The Bertz CT molecular complexity index is 642. The van der Waals surface area contributed by atoms with Gasteiger partial charge in [-0.15, -0.1) is 0 Å². The van der Waals surface area contributed by atoms with E-state index in [4.69, 9.17) is 9.47 Å². The Hall–Kier alpha value is -1.00. The summed E-state index contributed by atoms with van der Waals surface area (Å²) in [5, 5.41) is 12.9. The van der Waals surface area contributed by atoms with Gasteiger partial charge >= 0.3 is 0 Å². The van der Waals surface area contributed by atoms with Crippen LogP contribution in [0.4, 0.5) is 0 Å². The maximum Gasteiger partial charge on any atom is 0.219 e. The number of aliphatic hydroxyl groups is 1. The first-order valence-electron chi connectivity index (χ1n) is 9.05. The van der Waals surface area contributed by atoms with Crippen LogP contribution >= 0.6 is 0 Å². The molecule has 3 atom stereocenters. The number of hydrogen-bond donors (Lipinski definition) is 1. The third-order valence-electron chi connectivity index (χ3n) is 6.70. The molecule has 2 fully saturated rings. The average molecular weight is 349 g/mol. The van der Waals surface area contributed by atoms with Gasteiger partial charge in [0.15, 0.2) is 11.5 Å². The Kier molecular flexibility index (Phi) is 3.89. The van der Waals surface area contributed by atoms with Crippen molar-refractivity contribution < 1.29 is 14.6 Å². The summed E-state index contributed by atoms with van der Waals surface area (Å²) < 4.78 is 12.2. The first-order chi connectivity index (χ1) is 11.0. The van der Waals surface area contributed by atoms with Crippen LogP contribution in [0.3, 0.4) is 0 Å². The molecule has 0 aromatic heterocycles. The lowest BCUT2D eigenvalue weighted by Gasteiger charge is -2.49. The summed E-state index contributed by atoms with van der Waals surface area (Å²) in [6, 6.07) is 6.10. The minimum absolute atomic E-state index is 0.193. The van der Waals surface area contributed by atoms with Crippen molar-refractivity contribution in [1.82, 2.24) is 0 Å². The summed E-state index contributed by atoms with van der Waals surface area (Å²) in [5.74, 6) is 0.835.